The Labute approximate surface area is 198 Å². The quantitative estimate of drug-likeness (QED) is 0.389. The highest BCUT2D eigenvalue weighted by Gasteiger charge is 2.34. The molecule has 1 aromatic carbocycles. The number of nitrogens with zero attached hydrogens (tertiary/aromatic N) is 5. The number of esters is 1. The molecule has 172 valence electrons. The second kappa shape index (κ2) is 9.04. The van der Waals surface area contributed by atoms with Crippen LogP contribution >= 0.6 is 11.3 Å². The minimum atomic E-state index is -0.590. The number of carbonyl (C=O) groups excluding carboxylic acids is 2. The van der Waals surface area contributed by atoms with Crippen LogP contribution in [-0.2, 0) is 14.3 Å². The predicted octanol–water partition coefficient (Wildman–Crippen LogP) is 2.19. The Morgan fingerprint density at radius 3 is 2.85 bits per heavy atom. The minimum absolute atomic E-state index is 0.0748. The van der Waals surface area contributed by atoms with E-state index in [9.17, 15) is 14.7 Å². The summed E-state index contributed by atoms with van der Waals surface area (Å²) in [5.74, 6) is -0.299. The van der Waals surface area contributed by atoms with Crippen molar-refractivity contribution in [3.63, 3.8) is 0 Å². The van der Waals surface area contributed by atoms with Crippen LogP contribution in [-0.4, -0.2) is 68.5 Å². The molecule has 1 amide bonds. The van der Waals surface area contributed by atoms with Gasteiger partial charge in [0, 0.05) is 17.8 Å². The SMILES string of the molecule is COC(=O)C1=C(Nc2cccc(-c3ccc4nnc(-c5cccs5)n4n3)c2)C(=O)N(CCO)C1. The molecular weight excluding hydrogens is 456 g/mol. The van der Waals surface area contributed by atoms with E-state index < -0.39 is 5.97 Å². The lowest BCUT2D eigenvalue weighted by molar-refractivity contribution is -0.136. The number of hydrogen-bond donors (Lipinski definition) is 2. The van der Waals surface area contributed by atoms with Crippen molar-refractivity contribution < 1.29 is 19.4 Å². The third kappa shape index (κ3) is 3.91. The molecule has 0 fully saturated rings. The highest BCUT2D eigenvalue weighted by molar-refractivity contribution is 7.13. The number of hydrogen-bond acceptors (Lipinski definition) is 9. The maximum Gasteiger partial charge on any atom is 0.337 e. The van der Waals surface area contributed by atoms with Crippen molar-refractivity contribution in [2.24, 2.45) is 0 Å². The number of ether oxygens (including phenoxy) is 1. The van der Waals surface area contributed by atoms with E-state index in [0.29, 0.717) is 22.9 Å². The molecule has 5 rings (SSSR count). The number of benzene rings is 1. The van der Waals surface area contributed by atoms with E-state index in [-0.39, 0.29) is 36.9 Å². The molecule has 11 heteroatoms. The molecule has 0 aliphatic carbocycles. The van der Waals surface area contributed by atoms with E-state index >= 15 is 0 Å². The van der Waals surface area contributed by atoms with Crippen molar-refractivity contribution >= 4 is 34.5 Å². The van der Waals surface area contributed by atoms with Crippen LogP contribution in [0.1, 0.15) is 0 Å². The van der Waals surface area contributed by atoms with Crippen LogP contribution in [0.25, 0.3) is 27.6 Å². The summed E-state index contributed by atoms with van der Waals surface area (Å²) in [6, 6.07) is 15.0. The molecule has 0 unspecified atom stereocenters. The third-order valence-corrected chi connectivity index (χ3v) is 6.25. The maximum atomic E-state index is 12.8. The lowest BCUT2D eigenvalue weighted by Gasteiger charge is -2.15. The Morgan fingerprint density at radius 2 is 2.09 bits per heavy atom. The minimum Gasteiger partial charge on any atom is -0.466 e. The zero-order valence-corrected chi connectivity index (χ0v) is 19.0. The molecule has 0 bridgehead atoms. The first-order valence-corrected chi connectivity index (χ1v) is 11.3. The summed E-state index contributed by atoms with van der Waals surface area (Å²) in [4.78, 5) is 27.4. The number of rotatable bonds is 7. The highest BCUT2D eigenvalue weighted by atomic mass is 32.1. The van der Waals surface area contributed by atoms with Crippen LogP contribution in [0.4, 0.5) is 5.69 Å². The fourth-order valence-corrected chi connectivity index (χ4v) is 4.45. The molecule has 34 heavy (non-hydrogen) atoms. The van der Waals surface area contributed by atoms with Crippen LogP contribution in [0, 0.1) is 0 Å². The number of anilines is 1. The summed E-state index contributed by atoms with van der Waals surface area (Å²) in [6.07, 6.45) is 0. The largest absolute Gasteiger partial charge is 0.466 e. The van der Waals surface area contributed by atoms with Gasteiger partial charge in [-0.1, -0.05) is 18.2 Å². The third-order valence-electron chi connectivity index (χ3n) is 5.39. The van der Waals surface area contributed by atoms with Gasteiger partial charge in [-0.3, -0.25) is 4.79 Å². The van der Waals surface area contributed by atoms with Crippen molar-refractivity contribution in [1.82, 2.24) is 24.7 Å². The number of aliphatic hydroxyl groups is 1. The fourth-order valence-electron chi connectivity index (χ4n) is 3.75. The number of carbonyl (C=O) groups is 2. The zero-order valence-electron chi connectivity index (χ0n) is 18.1. The molecule has 1 aliphatic rings. The van der Waals surface area contributed by atoms with Crippen LogP contribution in [0.2, 0.25) is 0 Å². The number of fused-ring (bicyclic) bond motifs is 1. The molecule has 4 heterocycles. The summed E-state index contributed by atoms with van der Waals surface area (Å²) in [6.45, 7) is -0.000885. The lowest BCUT2D eigenvalue weighted by atomic mass is 10.1. The second-order valence-electron chi connectivity index (χ2n) is 7.49. The molecule has 0 atom stereocenters. The van der Waals surface area contributed by atoms with Gasteiger partial charge in [0.05, 0.1) is 36.4 Å². The van der Waals surface area contributed by atoms with Gasteiger partial charge in [0.2, 0.25) is 0 Å². The monoisotopic (exact) mass is 476 g/mol. The van der Waals surface area contributed by atoms with Gasteiger partial charge in [0.15, 0.2) is 11.5 Å². The molecule has 0 radical (unpaired) electrons. The van der Waals surface area contributed by atoms with Crippen molar-refractivity contribution in [2.75, 3.05) is 32.1 Å². The normalized spacial score (nSPS) is 13.7. The second-order valence-corrected chi connectivity index (χ2v) is 8.44. The predicted molar refractivity (Wildman–Crippen MR) is 126 cm³/mol. The molecule has 3 aromatic heterocycles. The molecule has 0 saturated heterocycles. The topological polar surface area (TPSA) is 122 Å². The summed E-state index contributed by atoms with van der Waals surface area (Å²) in [5, 5.41) is 27.5. The Balaban J connectivity index is 1.48. The van der Waals surface area contributed by atoms with E-state index in [4.69, 9.17) is 9.84 Å². The summed E-state index contributed by atoms with van der Waals surface area (Å²) in [5.41, 5.74) is 3.09. The molecule has 4 aromatic rings. The summed E-state index contributed by atoms with van der Waals surface area (Å²) >= 11 is 1.56. The number of β-amino-alcohol motifs (C(OH)–C–C–N with tert-alkyl or cyclic N) is 1. The van der Waals surface area contributed by atoms with Gasteiger partial charge >= 0.3 is 5.97 Å². The summed E-state index contributed by atoms with van der Waals surface area (Å²) < 4.78 is 6.54. The smallest absolute Gasteiger partial charge is 0.337 e. The lowest BCUT2D eigenvalue weighted by Crippen LogP contribution is -2.31. The Hall–Kier alpha value is -4.09. The average Bonchev–Trinajstić information content (AvgIpc) is 3.59. The number of aromatic nitrogens is 4. The number of aliphatic hydroxyl groups excluding tert-OH is 1. The molecule has 10 nitrogen and oxygen atoms in total. The molecular formula is C23H20N6O4S. The Kier molecular flexibility index (Phi) is 5.78. The van der Waals surface area contributed by atoms with Crippen LogP contribution in [0.15, 0.2) is 65.2 Å². The average molecular weight is 477 g/mol. The van der Waals surface area contributed by atoms with Gasteiger partial charge in [-0.2, -0.15) is 9.61 Å². The first-order valence-electron chi connectivity index (χ1n) is 10.4. The molecule has 2 N–H and O–H groups in total. The zero-order chi connectivity index (χ0) is 23.7. The van der Waals surface area contributed by atoms with E-state index in [2.05, 4.69) is 15.5 Å². The van der Waals surface area contributed by atoms with Crippen molar-refractivity contribution in [3.8, 4) is 22.0 Å². The van der Waals surface area contributed by atoms with Crippen molar-refractivity contribution in [3.05, 3.63) is 65.2 Å². The van der Waals surface area contributed by atoms with Gasteiger partial charge in [0.25, 0.3) is 5.91 Å². The standard InChI is InChI=1S/C23H20N6O4S/c1-33-23(32)16-13-28(9-10-30)22(31)20(16)24-15-5-2-4-14(12-15)17-7-8-19-25-26-21(29(19)27-17)18-6-3-11-34-18/h2-8,11-12,24,30H,9-10,13H2,1H3. The van der Waals surface area contributed by atoms with E-state index in [1.54, 1.807) is 21.9 Å². The maximum absolute atomic E-state index is 12.8. The first kappa shape index (κ1) is 21.7. The van der Waals surface area contributed by atoms with E-state index in [1.807, 2.05) is 47.8 Å². The van der Waals surface area contributed by atoms with E-state index in [0.717, 1.165) is 10.4 Å². The Bertz CT molecular complexity index is 1410. The Morgan fingerprint density at radius 1 is 1.21 bits per heavy atom. The van der Waals surface area contributed by atoms with Crippen LogP contribution in [0.5, 0.6) is 0 Å². The van der Waals surface area contributed by atoms with Gasteiger partial charge < -0.3 is 20.1 Å². The van der Waals surface area contributed by atoms with Crippen molar-refractivity contribution in [1.29, 1.82) is 0 Å². The van der Waals surface area contributed by atoms with Gasteiger partial charge in [0.1, 0.15) is 5.70 Å². The van der Waals surface area contributed by atoms with E-state index in [1.165, 1.54) is 12.0 Å². The number of methoxy groups -OCH3 is 1. The summed E-state index contributed by atoms with van der Waals surface area (Å²) in [7, 11) is 1.27. The van der Waals surface area contributed by atoms with Crippen LogP contribution < -0.4 is 5.32 Å². The van der Waals surface area contributed by atoms with Crippen LogP contribution in [0.3, 0.4) is 0 Å². The van der Waals surface area contributed by atoms with Gasteiger partial charge in [-0.05, 0) is 35.7 Å². The van der Waals surface area contributed by atoms with Gasteiger partial charge in [-0.25, -0.2) is 4.79 Å². The number of nitrogens with one attached hydrogen (secondary N) is 1. The number of thiophene rings is 1. The van der Waals surface area contributed by atoms with Gasteiger partial charge in [-0.15, -0.1) is 21.5 Å². The molecule has 0 spiro atoms. The van der Waals surface area contributed by atoms with Crippen molar-refractivity contribution in [2.45, 2.75) is 0 Å². The highest BCUT2D eigenvalue weighted by Crippen LogP contribution is 2.27. The first-order chi connectivity index (χ1) is 16.6. The molecule has 0 saturated carbocycles. The number of amides is 1. The molecule has 1 aliphatic heterocycles. The fraction of sp³-hybridized carbons (Fsp3) is 0.174.